The third-order valence-electron chi connectivity index (χ3n) is 10.5. The van der Waals surface area contributed by atoms with Crippen LogP contribution in [0.1, 0.15) is 51.8 Å². The van der Waals surface area contributed by atoms with Crippen LogP contribution >= 0.6 is 7.82 Å². The standard InChI is InChI=1S/C54H43O15P/c55-49(37-22-8-1-9-23-37)62-44(36-61-70(60,68-42-32-18-6-19-33-42)69-43-34-20-7-21-35-43)45-46(63-50(56)38-24-10-2-11-25-38)47(64-51(57)39-26-12-3-13-27-39)48(65-52(58)40-28-14-4-15-29-40)54(66-45)67-53(59)41-30-16-5-17-31-41/h1-35,44-48,54H,36H2/t44-,45?,46-,47?,48?,54-/m1/s1. The van der Waals surface area contributed by atoms with E-state index in [1.54, 1.807) is 127 Å². The van der Waals surface area contributed by atoms with Crippen molar-refractivity contribution in [3.8, 4) is 11.5 Å². The summed E-state index contributed by atoms with van der Waals surface area (Å²) < 4.78 is 69.9. The molecule has 8 rings (SSSR count). The normalized spacial score (nSPS) is 17.9. The molecule has 1 aliphatic rings. The smallest absolute Gasteiger partial charge is 0.453 e. The molecule has 0 amide bonds. The largest absolute Gasteiger partial charge is 0.587 e. The molecule has 7 aromatic carbocycles. The highest BCUT2D eigenvalue weighted by molar-refractivity contribution is 7.49. The Balaban J connectivity index is 1.27. The number of phosphoric ester groups is 1. The van der Waals surface area contributed by atoms with Crippen LogP contribution < -0.4 is 9.05 Å². The first-order valence-corrected chi connectivity index (χ1v) is 23.3. The second-order valence-electron chi connectivity index (χ2n) is 15.3. The van der Waals surface area contributed by atoms with Gasteiger partial charge in [-0.05, 0) is 84.9 Å². The van der Waals surface area contributed by atoms with E-state index in [9.17, 15) is 28.5 Å². The minimum atomic E-state index is -4.79. The van der Waals surface area contributed by atoms with E-state index in [-0.39, 0.29) is 39.3 Å². The highest BCUT2D eigenvalue weighted by Gasteiger charge is 2.57. The summed E-state index contributed by atoms with van der Waals surface area (Å²) in [7, 11) is -4.79. The number of carbonyl (C=O) groups is 5. The SMILES string of the molecule is O=C(OC1C(OC(=O)c2ccccc2)[C@H](OC(=O)c2ccccc2)C([C@@H](COP(=O)(Oc2ccccc2)Oc2ccccc2)OC(=O)c2ccccc2)O[C@@H]1OC(=O)c1ccccc1)c1ccccc1. The highest BCUT2D eigenvalue weighted by Crippen LogP contribution is 2.50. The Morgan fingerprint density at radius 3 is 1.10 bits per heavy atom. The van der Waals surface area contributed by atoms with Crippen molar-refractivity contribution < 1.29 is 70.5 Å². The first-order valence-electron chi connectivity index (χ1n) is 21.8. The lowest BCUT2D eigenvalue weighted by Gasteiger charge is -2.45. The molecule has 1 fully saturated rings. The number of rotatable bonds is 18. The van der Waals surface area contributed by atoms with E-state index in [1.807, 2.05) is 0 Å². The first kappa shape index (κ1) is 48.1. The molecular formula is C54H43O15P. The third-order valence-corrected chi connectivity index (χ3v) is 11.8. The summed E-state index contributed by atoms with van der Waals surface area (Å²) >= 11 is 0. The predicted molar refractivity (Wildman–Crippen MR) is 251 cm³/mol. The van der Waals surface area contributed by atoms with E-state index < -0.39 is 81.1 Å². The van der Waals surface area contributed by atoms with Crippen molar-refractivity contribution in [2.24, 2.45) is 0 Å². The lowest BCUT2D eigenvalue weighted by molar-refractivity contribution is -0.294. The van der Waals surface area contributed by atoms with Crippen molar-refractivity contribution in [2.75, 3.05) is 6.61 Å². The molecule has 354 valence electrons. The number of para-hydroxylation sites is 2. The topological polar surface area (TPSA) is 185 Å². The second-order valence-corrected chi connectivity index (χ2v) is 16.8. The zero-order chi connectivity index (χ0) is 48.7. The van der Waals surface area contributed by atoms with E-state index >= 15 is 0 Å². The van der Waals surface area contributed by atoms with Crippen molar-refractivity contribution in [3.05, 3.63) is 240 Å². The lowest BCUT2D eigenvalue weighted by atomic mass is 9.94. The van der Waals surface area contributed by atoms with Crippen LogP contribution in [0.25, 0.3) is 0 Å². The molecule has 0 aromatic heterocycles. The summed E-state index contributed by atoms with van der Waals surface area (Å²) in [4.78, 5) is 70.9. The molecule has 0 saturated carbocycles. The van der Waals surface area contributed by atoms with E-state index in [0.717, 1.165) is 0 Å². The molecule has 0 spiro atoms. The van der Waals surface area contributed by atoms with Crippen LogP contribution in [0.2, 0.25) is 0 Å². The van der Waals surface area contributed by atoms with Crippen molar-refractivity contribution >= 4 is 37.7 Å². The van der Waals surface area contributed by atoms with Gasteiger partial charge in [0, 0.05) is 0 Å². The maximum atomic E-state index is 14.9. The minimum absolute atomic E-state index is 0.0240. The summed E-state index contributed by atoms with van der Waals surface area (Å²) in [5.41, 5.74) is 0.172. The first-order chi connectivity index (χ1) is 34.1. The van der Waals surface area contributed by atoms with Gasteiger partial charge in [-0.1, -0.05) is 127 Å². The average Bonchev–Trinajstić information content (AvgIpc) is 3.40. The van der Waals surface area contributed by atoms with Gasteiger partial charge in [0.1, 0.15) is 24.2 Å². The number of hydrogen-bond donors (Lipinski definition) is 0. The molecule has 1 saturated heterocycles. The highest BCUT2D eigenvalue weighted by atomic mass is 31.2. The summed E-state index contributed by atoms with van der Waals surface area (Å²) in [6, 6.07) is 54.7. The van der Waals surface area contributed by atoms with Crippen molar-refractivity contribution in [1.29, 1.82) is 0 Å². The second kappa shape index (κ2) is 23.1. The zero-order valence-corrected chi connectivity index (χ0v) is 37.8. The molecule has 0 aliphatic carbocycles. The van der Waals surface area contributed by atoms with Crippen molar-refractivity contribution in [1.82, 2.24) is 0 Å². The van der Waals surface area contributed by atoms with Crippen LogP contribution in [0.5, 0.6) is 11.5 Å². The summed E-state index contributed by atoms with van der Waals surface area (Å²) in [6.07, 6.45) is -11.5. The van der Waals surface area contributed by atoms with Crippen LogP contribution in [0.4, 0.5) is 0 Å². The Labute approximate surface area is 402 Å². The molecule has 0 N–H and O–H groups in total. The number of carbonyl (C=O) groups excluding carboxylic acids is 5. The molecule has 70 heavy (non-hydrogen) atoms. The van der Waals surface area contributed by atoms with Gasteiger partial charge in [-0.2, -0.15) is 0 Å². The Bertz CT molecular complexity index is 2830. The molecule has 0 bridgehead atoms. The Morgan fingerprint density at radius 1 is 0.400 bits per heavy atom. The van der Waals surface area contributed by atoms with Gasteiger partial charge in [-0.3, -0.25) is 4.52 Å². The van der Waals surface area contributed by atoms with Gasteiger partial charge in [0.25, 0.3) is 0 Å². The molecule has 7 aromatic rings. The van der Waals surface area contributed by atoms with Crippen molar-refractivity contribution in [3.63, 3.8) is 0 Å². The van der Waals surface area contributed by atoms with E-state index in [1.165, 1.54) is 84.9 Å². The molecule has 3 unspecified atom stereocenters. The number of esters is 5. The fourth-order valence-electron chi connectivity index (χ4n) is 7.10. The fraction of sp³-hybridized carbons (Fsp3) is 0.130. The molecule has 1 aliphatic heterocycles. The van der Waals surface area contributed by atoms with E-state index in [0.29, 0.717) is 0 Å². The molecular weight excluding hydrogens is 920 g/mol. The Kier molecular flexibility index (Phi) is 15.9. The van der Waals surface area contributed by atoms with E-state index in [2.05, 4.69) is 0 Å². The quantitative estimate of drug-likeness (QED) is 0.0449. The molecule has 15 nitrogen and oxygen atoms in total. The third kappa shape index (κ3) is 12.6. The minimum Gasteiger partial charge on any atom is -0.453 e. The van der Waals surface area contributed by atoms with Crippen LogP contribution in [-0.4, -0.2) is 73.3 Å². The van der Waals surface area contributed by atoms with E-state index in [4.69, 9.17) is 42.0 Å². The van der Waals surface area contributed by atoms with Gasteiger partial charge in [-0.15, -0.1) is 0 Å². The summed E-state index contributed by atoms with van der Waals surface area (Å²) in [5, 5.41) is 0. The lowest BCUT2D eigenvalue weighted by Crippen LogP contribution is -2.65. The number of phosphoric acid groups is 1. The molecule has 0 radical (unpaired) electrons. The van der Waals surface area contributed by atoms with Gasteiger partial charge in [0.15, 0.2) is 18.3 Å². The van der Waals surface area contributed by atoms with Crippen LogP contribution in [0, 0.1) is 0 Å². The molecule has 6 atom stereocenters. The van der Waals surface area contributed by atoms with Crippen molar-refractivity contribution in [2.45, 2.75) is 36.8 Å². The molecule has 16 heteroatoms. The van der Waals surface area contributed by atoms with Gasteiger partial charge in [-0.25, -0.2) is 28.5 Å². The number of benzene rings is 7. The van der Waals surface area contributed by atoms with Gasteiger partial charge in [0.05, 0.1) is 27.8 Å². The number of hydrogen-bond acceptors (Lipinski definition) is 15. The fourth-order valence-corrected chi connectivity index (χ4v) is 8.33. The maximum Gasteiger partial charge on any atom is 0.587 e. The van der Waals surface area contributed by atoms with Crippen LogP contribution in [0.15, 0.2) is 212 Å². The Hall–Kier alpha value is -8.36. The van der Waals surface area contributed by atoms with Crippen LogP contribution in [-0.2, 0) is 37.5 Å². The van der Waals surface area contributed by atoms with Gasteiger partial charge >= 0.3 is 37.7 Å². The van der Waals surface area contributed by atoms with Gasteiger partial charge in [0.2, 0.25) is 12.4 Å². The van der Waals surface area contributed by atoms with Gasteiger partial charge < -0.3 is 37.5 Å². The monoisotopic (exact) mass is 962 g/mol. The predicted octanol–water partition coefficient (Wildman–Crippen LogP) is 9.75. The summed E-state index contributed by atoms with van der Waals surface area (Å²) in [5.74, 6) is -4.76. The Morgan fingerprint density at radius 2 is 0.714 bits per heavy atom. The average molecular weight is 963 g/mol. The zero-order valence-electron chi connectivity index (χ0n) is 36.9. The van der Waals surface area contributed by atoms with Crippen LogP contribution in [0.3, 0.4) is 0 Å². The maximum absolute atomic E-state index is 14.9. The number of ether oxygens (including phenoxy) is 6. The summed E-state index contributed by atoms with van der Waals surface area (Å²) in [6.45, 7) is -0.910. The molecule has 1 heterocycles.